The van der Waals surface area contributed by atoms with E-state index in [0.717, 1.165) is 18.1 Å². The van der Waals surface area contributed by atoms with Gasteiger partial charge in [-0.05, 0) is 38.5 Å². The molecule has 1 aliphatic heterocycles. The zero-order valence-electron chi connectivity index (χ0n) is 15.7. The lowest BCUT2D eigenvalue weighted by Gasteiger charge is -2.62. The fourth-order valence-electron chi connectivity index (χ4n) is 2.96. The molecule has 0 atom stereocenters. The van der Waals surface area contributed by atoms with E-state index in [4.69, 9.17) is 0 Å². The molecule has 1 aromatic rings. The average molecular weight is 330 g/mol. The molecule has 0 aromatic heterocycles. The Morgan fingerprint density at radius 1 is 1.25 bits per heavy atom. The molecule has 132 valence electrons. The molecule has 0 radical (unpaired) electrons. The van der Waals surface area contributed by atoms with Crippen molar-refractivity contribution in [3.8, 4) is 0 Å². The third kappa shape index (κ3) is 3.40. The summed E-state index contributed by atoms with van der Waals surface area (Å²) in [5.41, 5.74) is 2.09. The largest absolute Gasteiger partial charge is 0.352 e. The maximum absolute atomic E-state index is 11.9. The summed E-state index contributed by atoms with van der Waals surface area (Å²) in [6, 6.07) is 7.70. The third-order valence-electron chi connectivity index (χ3n) is 5.33. The van der Waals surface area contributed by atoms with Crippen molar-refractivity contribution in [2.45, 2.75) is 46.7 Å². The Balaban J connectivity index is 2.02. The highest BCUT2D eigenvalue weighted by atomic mass is 16.1. The van der Waals surface area contributed by atoms with Gasteiger partial charge in [-0.1, -0.05) is 26.0 Å². The molecule has 0 unspecified atom stereocenters. The van der Waals surface area contributed by atoms with Gasteiger partial charge in [-0.25, -0.2) is 0 Å². The lowest BCUT2D eigenvalue weighted by atomic mass is 9.65. The van der Waals surface area contributed by atoms with Crippen LogP contribution in [0.3, 0.4) is 0 Å². The zero-order chi connectivity index (χ0) is 18.0. The van der Waals surface area contributed by atoms with Crippen molar-refractivity contribution in [1.29, 1.82) is 0 Å². The number of benzene rings is 1. The second-order valence-corrected chi connectivity index (χ2v) is 7.49. The molecule has 0 spiro atoms. The van der Waals surface area contributed by atoms with E-state index >= 15 is 0 Å². The van der Waals surface area contributed by atoms with Crippen molar-refractivity contribution in [3.05, 3.63) is 35.4 Å². The molecular weight excluding hydrogens is 300 g/mol. The van der Waals surface area contributed by atoms with Gasteiger partial charge in [-0.2, -0.15) is 0 Å². The Hall–Kier alpha value is -2.04. The first-order valence-corrected chi connectivity index (χ1v) is 8.58. The fourth-order valence-corrected chi connectivity index (χ4v) is 2.96. The molecule has 24 heavy (non-hydrogen) atoms. The van der Waals surface area contributed by atoms with Crippen LogP contribution in [0.2, 0.25) is 0 Å². The van der Waals surface area contributed by atoms with Crippen molar-refractivity contribution in [1.82, 2.24) is 15.5 Å². The number of nitrogens with zero attached hydrogens (tertiary/aromatic N) is 2. The van der Waals surface area contributed by atoms with E-state index in [1.807, 2.05) is 38.2 Å². The summed E-state index contributed by atoms with van der Waals surface area (Å²) in [6.07, 6.45) is 0. The molecule has 1 aliphatic rings. The zero-order valence-corrected chi connectivity index (χ0v) is 15.7. The molecule has 1 heterocycles. The van der Waals surface area contributed by atoms with Gasteiger partial charge in [0.05, 0.1) is 0 Å². The van der Waals surface area contributed by atoms with Crippen molar-refractivity contribution in [2.24, 2.45) is 10.4 Å². The van der Waals surface area contributed by atoms with Gasteiger partial charge in [0.15, 0.2) is 5.96 Å². The number of rotatable bonds is 4. The third-order valence-corrected chi connectivity index (χ3v) is 5.33. The minimum atomic E-state index is -0.0330. The SMILES string of the molecule is CCNC(=O)c1cccc(CNC(=NC)N2CC(C)(C)C2(C)C)c1. The van der Waals surface area contributed by atoms with Crippen LogP contribution in [0.5, 0.6) is 0 Å². The van der Waals surface area contributed by atoms with E-state index in [-0.39, 0.29) is 16.9 Å². The number of amides is 1. The second-order valence-electron chi connectivity index (χ2n) is 7.49. The molecule has 0 aliphatic carbocycles. The standard InChI is InChI=1S/C19H30N4O/c1-7-21-16(24)15-10-8-9-14(11-15)12-22-17(20-6)23-13-18(2,3)19(23,4)5/h8-11H,7,12-13H2,1-6H3,(H,20,22)(H,21,24). The molecule has 1 aromatic carbocycles. The number of nitrogens with one attached hydrogen (secondary N) is 2. The normalized spacial score (nSPS) is 18.8. The number of likely N-dealkylation sites (tertiary alicyclic amines) is 1. The van der Waals surface area contributed by atoms with Gasteiger partial charge in [0.2, 0.25) is 0 Å². The highest BCUT2D eigenvalue weighted by Crippen LogP contribution is 2.46. The molecule has 1 saturated heterocycles. The van der Waals surface area contributed by atoms with Crippen LogP contribution < -0.4 is 10.6 Å². The molecule has 0 saturated carbocycles. The van der Waals surface area contributed by atoms with E-state index < -0.39 is 0 Å². The Labute approximate surface area is 145 Å². The monoisotopic (exact) mass is 330 g/mol. The van der Waals surface area contributed by atoms with Crippen molar-refractivity contribution in [2.75, 3.05) is 20.1 Å². The lowest BCUT2D eigenvalue weighted by molar-refractivity contribution is -0.0667. The van der Waals surface area contributed by atoms with Crippen molar-refractivity contribution in [3.63, 3.8) is 0 Å². The van der Waals surface area contributed by atoms with E-state index in [1.165, 1.54) is 0 Å². The summed E-state index contributed by atoms with van der Waals surface area (Å²) >= 11 is 0. The molecule has 0 bridgehead atoms. The van der Waals surface area contributed by atoms with Crippen molar-refractivity contribution >= 4 is 11.9 Å². The summed E-state index contributed by atoms with van der Waals surface area (Å²) in [6.45, 7) is 13.3. The molecular formula is C19H30N4O. The molecule has 5 nitrogen and oxygen atoms in total. The molecule has 5 heteroatoms. The van der Waals surface area contributed by atoms with Gasteiger partial charge < -0.3 is 15.5 Å². The highest BCUT2D eigenvalue weighted by Gasteiger charge is 2.53. The first kappa shape index (κ1) is 18.3. The van der Waals surface area contributed by atoms with E-state index in [2.05, 4.69) is 48.2 Å². The molecule has 2 N–H and O–H groups in total. The summed E-state index contributed by atoms with van der Waals surface area (Å²) in [5.74, 6) is 0.872. The summed E-state index contributed by atoms with van der Waals surface area (Å²) in [4.78, 5) is 18.7. The number of guanidine groups is 1. The number of carbonyl (C=O) groups is 1. The predicted octanol–water partition coefficient (Wildman–Crippen LogP) is 2.63. The summed E-state index contributed by atoms with van der Waals surface area (Å²) in [7, 11) is 1.81. The van der Waals surface area contributed by atoms with E-state index in [1.54, 1.807) is 0 Å². The predicted molar refractivity (Wildman–Crippen MR) is 99.2 cm³/mol. The van der Waals surface area contributed by atoms with Gasteiger partial charge in [-0.15, -0.1) is 0 Å². The molecule has 1 amide bonds. The molecule has 2 rings (SSSR count). The van der Waals surface area contributed by atoms with Crippen LogP contribution in [0.15, 0.2) is 29.3 Å². The average Bonchev–Trinajstić information content (AvgIpc) is 2.55. The molecule has 1 fully saturated rings. The maximum atomic E-state index is 11.9. The van der Waals surface area contributed by atoms with Gasteiger partial charge in [-0.3, -0.25) is 9.79 Å². The van der Waals surface area contributed by atoms with Crippen molar-refractivity contribution < 1.29 is 4.79 Å². The fraction of sp³-hybridized carbons (Fsp3) is 0.579. The van der Waals surface area contributed by atoms with Crippen LogP contribution in [-0.2, 0) is 6.54 Å². The topological polar surface area (TPSA) is 56.7 Å². The van der Waals surface area contributed by atoms with Gasteiger partial charge in [0.25, 0.3) is 5.91 Å². The van der Waals surface area contributed by atoms with Crippen LogP contribution in [0.4, 0.5) is 0 Å². The summed E-state index contributed by atoms with van der Waals surface area (Å²) < 4.78 is 0. The van der Waals surface area contributed by atoms with E-state index in [0.29, 0.717) is 18.7 Å². The highest BCUT2D eigenvalue weighted by molar-refractivity contribution is 5.94. The number of aliphatic imine (C=N–C) groups is 1. The minimum Gasteiger partial charge on any atom is -0.352 e. The van der Waals surface area contributed by atoms with Crippen LogP contribution >= 0.6 is 0 Å². The Morgan fingerprint density at radius 2 is 1.96 bits per heavy atom. The van der Waals surface area contributed by atoms with Crippen LogP contribution in [0.1, 0.15) is 50.5 Å². The smallest absolute Gasteiger partial charge is 0.251 e. The Kier molecular flexibility index (Phi) is 5.21. The van der Waals surface area contributed by atoms with Gasteiger partial charge in [0.1, 0.15) is 0 Å². The number of hydrogen-bond donors (Lipinski definition) is 2. The second kappa shape index (κ2) is 6.83. The number of carbonyl (C=O) groups excluding carboxylic acids is 1. The lowest BCUT2D eigenvalue weighted by Crippen LogP contribution is -2.72. The van der Waals surface area contributed by atoms with Gasteiger partial charge >= 0.3 is 0 Å². The quantitative estimate of drug-likeness (QED) is 0.659. The first-order valence-electron chi connectivity index (χ1n) is 8.58. The van der Waals surface area contributed by atoms with Crippen LogP contribution in [0, 0.1) is 5.41 Å². The van der Waals surface area contributed by atoms with Crippen LogP contribution in [-0.4, -0.2) is 42.4 Å². The first-order chi connectivity index (χ1) is 11.2. The minimum absolute atomic E-state index is 0.0330. The summed E-state index contributed by atoms with van der Waals surface area (Å²) in [5, 5.41) is 6.25. The Morgan fingerprint density at radius 3 is 2.50 bits per heavy atom. The van der Waals surface area contributed by atoms with Crippen LogP contribution in [0.25, 0.3) is 0 Å². The Bertz CT molecular complexity index is 634. The maximum Gasteiger partial charge on any atom is 0.251 e. The van der Waals surface area contributed by atoms with Gasteiger partial charge in [0, 0.05) is 43.2 Å². The number of hydrogen-bond acceptors (Lipinski definition) is 2. The van der Waals surface area contributed by atoms with E-state index in [9.17, 15) is 4.79 Å².